The van der Waals surface area contributed by atoms with Crippen LogP contribution in [0.1, 0.15) is 67.1 Å². The topological polar surface area (TPSA) is 168 Å². The summed E-state index contributed by atoms with van der Waals surface area (Å²) in [7, 11) is 0.959. The summed E-state index contributed by atoms with van der Waals surface area (Å²) in [4.78, 5) is 31.4. The number of carbonyl (C=O) groups is 2. The monoisotopic (exact) mass is 726 g/mol. The average Bonchev–Trinajstić information content (AvgIpc) is 3.01. The van der Waals surface area contributed by atoms with Gasteiger partial charge < -0.3 is 45.3 Å². The van der Waals surface area contributed by atoms with Crippen molar-refractivity contribution in [3.63, 3.8) is 0 Å². The van der Waals surface area contributed by atoms with Crippen LogP contribution in [0.4, 0.5) is 35.5 Å². The van der Waals surface area contributed by atoms with E-state index in [-0.39, 0.29) is 36.0 Å². The van der Waals surface area contributed by atoms with Crippen molar-refractivity contribution in [1.29, 1.82) is 0 Å². The number of halogens is 7. The molecule has 2 fully saturated rings. The molecule has 3 amide bonds. The first-order valence-corrected chi connectivity index (χ1v) is 15.4. The summed E-state index contributed by atoms with van der Waals surface area (Å²) in [5.74, 6) is -12.2. The van der Waals surface area contributed by atoms with Crippen LogP contribution >= 0.6 is 0 Å². The number of benzene rings is 2. The molecule has 6 N–H and O–H groups in total. The lowest BCUT2D eigenvalue weighted by molar-refractivity contribution is -0.147. The number of hydrogen-bond acceptors (Lipinski definition) is 9. The van der Waals surface area contributed by atoms with E-state index in [0.717, 1.165) is 18.9 Å². The molecule has 0 aliphatic carbocycles. The second-order valence-electron chi connectivity index (χ2n) is 12.6. The third kappa shape index (κ3) is 6.42. The van der Waals surface area contributed by atoms with Gasteiger partial charge in [-0.25, -0.2) is 4.79 Å². The molecule has 0 aromatic heterocycles. The average molecular weight is 727 g/mol. The highest BCUT2D eigenvalue weighted by molar-refractivity contribution is 5.77. The molecule has 4 atom stereocenters. The molecule has 4 unspecified atom stereocenters. The van der Waals surface area contributed by atoms with E-state index in [0.29, 0.717) is 31.1 Å². The van der Waals surface area contributed by atoms with Crippen LogP contribution in [0.5, 0.6) is 34.5 Å². The SMILES string of the molecule is CC(=O)N1CCN(C2CCN(C(=O)N(C)C(C)c3c(O)c(C(F)(F)F)c(O)c(C(F)(F)F)c3O)C(c3c(C)c(O)c(F)c(O)c3O)C2C)CC1. The van der Waals surface area contributed by atoms with Gasteiger partial charge in [0.15, 0.2) is 17.2 Å². The molecule has 2 aliphatic rings. The van der Waals surface area contributed by atoms with Crippen molar-refractivity contribution in [3.05, 3.63) is 33.6 Å². The fourth-order valence-corrected chi connectivity index (χ4v) is 7.09. The number of phenolic OH excluding ortho intramolecular Hbond substituents is 6. The Morgan fingerprint density at radius 1 is 0.800 bits per heavy atom. The van der Waals surface area contributed by atoms with Crippen LogP contribution in [0.15, 0.2) is 0 Å². The van der Waals surface area contributed by atoms with Crippen LogP contribution in [-0.4, -0.2) is 108 Å². The van der Waals surface area contributed by atoms with Crippen molar-refractivity contribution in [2.45, 2.75) is 64.6 Å². The third-order valence-electron chi connectivity index (χ3n) is 9.86. The van der Waals surface area contributed by atoms with Gasteiger partial charge in [-0.2, -0.15) is 30.7 Å². The first kappa shape index (κ1) is 38.3. The van der Waals surface area contributed by atoms with Gasteiger partial charge in [-0.1, -0.05) is 6.92 Å². The number of hydrogen-bond donors (Lipinski definition) is 6. The summed E-state index contributed by atoms with van der Waals surface area (Å²) in [5, 5.41) is 62.8. The molecule has 2 aromatic rings. The van der Waals surface area contributed by atoms with Crippen molar-refractivity contribution in [1.82, 2.24) is 19.6 Å². The summed E-state index contributed by atoms with van der Waals surface area (Å²) in [6.45, 7) is 6.54. The molecule has 2 saturated heterocycles. The lowest BCUT2D eigenvalue weighted by Crippen LogP contribution is -2.59. The Balaban J connectivity index is 1.83. The first-order valence-electron chi connectivity index (χ1n) is 15.4. The van der Waals surface area contributed by atoms with E-state index in [9.17, 15) is 71.0 Å². The maximum atomic E-state index is 14.6. The van der Waals surface area contributed by atoms with Crippen molar-refractivity contribution in [2.75, 3.05) is 39.8 Å². The quantitative estimate of drug-likeness (QED) is 0.142. The Labute approximate surface area is 281 Å². The van der Waals surface area contributed by atoms with Crippen LogP contribution in [0, 0.1) is 18.7 Å². The number of rotatable bonds is 4. The van der Waals surface area contributed by atoms with Gasteiger partial charge in [0.2, 0.25) is 11.7 Å². The zero-order valence-corrected chi connectivity index (χ0v) is 27.5. The Hall–Kier alpha value is -4.55. The van der Waals surface area contributed by atoms with E-state index >= 15 is 0 Å². The number of phenols is 6. The van der Waals surface area contributed by atoms with Gasteiger partial charge >= 0.3 is 18.4 Å². The number of aromatic hydroxyl groups is 6. The van der Waals surface area contributed by atoms with E-state index < -0.39 is 93.4 Å². The highest BCUT2D eigenvalue weighted by Crippen LogP contribution is 2.56. The molecule has 50 heavy (non-hydrogen) atoms. The fraction of sp³-hybridized carbons (Fsp3) is 0.548. The lowest BCUT2D eigenvalue weighted by Gasteiger charge is -2.51. The van der Waals surface area contributed by atoms with Crippen LogP contribution < -0.4 is 0 Å². The molecule has 0 spiro atoms. The maximum absolute atomic E-state index is 14.6. The van der Waals surface area contributed by atoms with Gasteiger partial charge in [-0.3, -0.25) is 9.69 Å². The normalized spacial score (nSPS) is 21.3. The highest BCUT2D eigenvalue weighted by atomic mass is 19.4. The summed E-state index contributed by atoms with van der Waals surface area (Å²) in [5.41, 5.74) is -6.91. The molecule has 2 aliphatic heterocycles. The number of alkyl halides is 6. The van der Waals surface area contributed by atoms with Gasteiger partial charge in [-0.15, -0.1) is 0 Å². The van der Waals surface area contributed by atoms with Gasteiger partial charge in [-0.05, 0) is 26.2 Å². The van der Waals surface area contributed by atoms with Crippen molar-refractivity contribution in [2.24, 2.45) is 5.92 Å². The van der Waals surface area contributed by atoms with Gasteiger partial charge in [0.1, 0.15) is 28.4 Å². The highest BCUT2D eigenvalue weighted by Gasteiger charge is 2.50. The van der Waals surface area contributed by atoms with E-state index in [1.807, 2.05) is 4.90 Å². The number of urea groups is 1. The van der Waals surface area contributed by atoms with Gasteiger partial charge in [0, 0.05) is 63.9 Å². The van der Waals surface area contributed by atoms with E-state index in [1.54, 1.807) is 11.8 Å². The molecule has 2 heterocycles. The summed E-state index contributed by atoms with van der Waals surface area (Å²) in [6.07, 6.45) is -11.3. The number of amides is 3. The van der Waals surface area contributed by atoms with E-state index in [1.165, 1.54) is 13.8 Å². The Morgan fingerprint density at radius 3 is 1.76 bits per heavy atom. The molecule has 2 aromatic carbocycles. The zero-order chi connectivity index (χ0) is 37.9. The van der Waals surface area contributed by atoms with Crippen LogP contribution in [0.3, 0.4) is 0 Å². The number of carbonyl (C=O) groups excluding carboxylic acids is 2. The molecule has 0 radical (unpaired) electrons. The smallest absolute Gasteiger partial charge is 0.423 e. The lowest BCUT2D eigenvalue weighted by atomic mass is 9.79. The van der Waals surface area contributed by atoms with Crippen LogP contribution in [0.25, 0.3) is 0 Å². The Morgan fingerprint density at radius 2 is 1.30 bits per heavy atom. The summed E-state index contributed by atoms with van der Waals surface area (Å²) < 4.78 is 97.6. The fourth-order valence-electron chi connectivity index (χ4n) is 7.09. The molecule has 12 nitrogen and oxygen atoms in total. The number of piperidine rings is 1. The predicted molar refractivity (Wildman–Crippen MR) is 160 cm³/mol. The first-order chi connectivity index (χ1) is 22.9. The number of likely N-dealkylation sites (tertiary alicyclic amines) is 1. The molecular formula is C31H37F7N4O8. The van der Waals surface area contributed by atoms with Crippen molar-refractivity contribution >= 4 is 11.9 Å². The Bertz CT molecular complexity index is 1610. The molecule has 0 saturated carbocycles. The standard InChI is InChI=1S/C31H37F7N4O8/c1-12-16(41-10-8-40(9-11-41)15(4)43)6-7-42(22(12)17-13(2)23(44)21(32)28(49)26(17)47)29(50)39(5)14(3)18-24(45)19(30(33,34)35)27(48)20(25(18)46)31(36,37)38/h12,14,16,22,44-49H,6-11H2,1-5H3. The van der Waals surface area contributed by atoms with Crippen LogP contribution in [-0.2, 0) is 17.1 Å². The number of piperazine rings is 1. The molecule has 278 valence electrons. The minimum atomic E-state index is -5.74. The van der Waals surface area contributed by atoms with Gasteiger partial charge in [0.25, 0.3) is 0 Å². The largest absolute Gasteiger partial charge is 0.507 e. The summed E-state index contributed by atoms with van der Waals surface area (Å²) >= 11 is 0. The molecular weight excluding hydrogens is 689 g/mol. The van der Waals surface area contributed by atoms with E-state index in [4.69, 9.17) is 0 Å². The molecule has 4 rings (SSSR count). The summed E-state index contributed by atoms with van der Waals surface area (Å²) in [6, 6.07) is -4.73. The van der Waals surface area contributed by atoms with Gasteiger partial charge in [0.05, 0.1) is 17.6 Å². The predicted octanol–water partition coefficient (Wildman–Crippen LogP) is 5.13. The second-order valence-corrected chi connectivity index (χ2v) is 12.6. The Kier molecular flexibility index (Phi) is 10.2. The second kappa shape index (κ2) is 13.3. The molecule has 19 heteroatoms. The zero-order valence-electron chi connectivity index (χ0n) is 27.5. The maximum Gasteiger partial charge on any atom is 0.423 e. The minimum Gasteiger partial charge on any atom is -0.507 e. The number of nitrogens with zero attached hydrogens (tertiary/aromatic N) is 4. The minimum absolute atomic E-state index is 0.138. The van der Waals surface area contributed by atoms with Crippen molar-refractivity contribution < 1.29 is 71.0 Å². The van der Waals surface area contributed by atoms with E-state index in [2.05, 4.69) is 0 Å². The van der Waals surface area contributed by atoms with Crippen LogP contribution in [0.2, 0.25) is 0 Å². The third-order valence-corrected chi connectivity index (χ3v) is 9.86. The molecule has 0 bridgehead atoms. The van der Waals surface area contributed by atoms with Crippen molar-refractivity contribution in [3.8, 4) is 34.5 Å².